The molecule has 0 unspecified atom stereocenters. The maximum atomic E-state index is 10.8. The molecule has 0 saturated carbocycles. The van der Waals surface area contributed by atoms with Crippen LogP contribution in [0.15, 0.2) is 22.7 Å². The lowest BCUT2D eigenvalue weighted by Crippen LogP contribution is -1.96. The molecule has 0 spiro atoms. The summed E-state index contributed by atoms with van der Waals surface area (Å²) < 4.78 is 15.3. The topological polar surface area (TPSA) is 102 Å². The normalized spacial score (nSPS) is 10.3. The van der Waals surface area contributed by atoms with Gasteiger partial charge in [0.05, 0.1) is 13.7 Å². The standard InChI is InChI=1S/C13H13NO6/c1-3-19-11-5-7(4-9(15)12(11)18-2)10-6-8(13(16)17)14-20-10/h4-6,15H,3H2,1-2H3,(H,16,17). The van der Waals surface area contributed by atoms with Gasteiger partial charge in [0.2, 0.25) is 5.75 Å². The molecular weight excluding hydrogens is 266 g/mol. The zero-order valence-corrected chi connectivity index (χ0v) is 10.9. The molecule has 1 aromatic carbocycles. The monoisotopic (exact) mass is 279 g/mol. The van der Waals surface area contributed by atoms with E-state index in [0.29, 0.717) is 17.9 Å². The van der Waals surface area contributed by atoms with Crippen molar-refractivity contribution >= 4 is 5.97 Å². The highest BCUT2D eigenvalue weighted by atomic mass is 16.5. The molecule has 0 bridgehead atoms. The largest absolute Gasteiger partial charge is 0.504 e. The van der Waals surface area contributed by atoms with Gasteiger partial charge in [0.15, 0.2) is 23.0 Å². The first-order chi connectivity index (χ1) is 9.56. The molecule has 106 valence electrons. The number of nitrogens with zero attached hydrogens (tertiary/aromatic N) is 1. The van der Waals surface area contributed by atoms with E-state index in [2.05, 4.69) is 5.16 Å². The van der Waals surface area contributed by atoms with Gasteiger partial charge >= 0.3 is 5.97 Å². The van der Waals surface area contributed by atoms with Crippen LogP contribution in [0.5, 0.6) is 17.2 Å². The Morgan fingerprint density at radius 2 is 2.15 bits per heavy atom. The lowest BCUT2D eigenvalue weighted by Gasteiger charge is -2.11. The molecule has 0 aliphatic rings. The number of benzene rings is 1. The number of phenolic OH excluding ortho intramolecular Hbond substituents is 1. The number of aromatic nitrogens is 1. The number of aromatic hydroxyl groups is 1. The first kappa shape index (κ1) is 13.7. The second-order valence-electron chi connectivity index (χ2n) is 3.84. The third-order valence-electron chi connectivity index (χ3n) is 2.55. The second-order valence-corrected chi connectivity index (χ2v) is 3.84. The number of methoxy groups -OCH3 is 1. The molecule has 2 N–H and O–H groups in total. The molecule has 20 heavy (non-hydrogen) atoms. The minimum Gasteiger partial charge on any atom is -0.504 e. The SMILES string of the molecule is CCOc1cc(-c2cc(C(=O)O)no2)cc(O)c1OC. The summed E-state index contributed by atoms with van der Waals surface area (Å²) in [5.74, 6) is -0.586. The van der Waals surface area contributed by atoms with Gasteiger partial charge in [-0.05, 0) is 19.1 Å². The molecule has 1 aromatic heterocycles. The summed E-state index contributed by atoms with van der Waals surface area (Å²) in [7, 11) is 1.41. The first-order valence-electron chi connectivity index (χ1n) is 5.81. The van der Waals surface area contributed by atoms with E-state index >= 15 is 0 Å². The fourth-order valence-corrected chi connectivity index (χ4v) is 1.71. The average molecular weight is 279 g/mol. The van der Waals surface area contributed by atoms with E-state index in [1.807, 2.05) is 0 Å². The van der Waals surface area contributed by atoms with Crippen LogP contribution in [-0.2, 0) is 0 Å². The Morgan fingerprint density at radius 3 is 2.70 bits per heavy atom. The Bertz CT molecular complexity index is 634. The number of hydrogen-bond acceptors (Lipinski definition) is 6. The third-order valence-corrected chi connectivity index (χ3v) is 2.55. The summed E-state index contributed by atoms with van der Waals surface area (Å²) in [6, 6.07) is 4.22. The van der Waals surface area contributed by atoms with E-state index in [1.54, 1.807) is 13.0 Å². The Kier molecular flexibility index (Phi) is 3.79. The van der Waals surface area contributed by atoms with Gasteiger partial charge in [-0.15, -0.1) is 0 Å². The zero-order chi connectivity index (χ0) is 14.7. The third kappa shape index (κ3) is 2.51. The number of ether oxygens (including phenoxy) is 2. The molecule has 0 radical (unpaired) electrons. The highest BCUT2D eigenvalue weighted by Gasteiger charge is 2.17. The van der Waals surface area contributed by atoms with Crippen molar-refractivity contribution in [1.82, 2.24) is 5.16 Å². The van der Waals surface area contributed by atoms with Crippen LogP contribution in [0.25, 0.3) is 11.3 Å². The number of carbonyl (C=O) groups is 1. The van der Waals surface area contributed by atoms with E-state index < -0.39 is 5.97 Å². The lowest BCUT2D eigenvalue weighted by atomic mass is 10.1. The van der Waals surface area contributed by atoms with Crippen LogP contribution in [0.2, 0.25) is 0 Å². The number of hydrogen-bond donors (Lipinski definition) is 2. The van der Waals surface area contributed by atoms with Crippen molar-refractivity contribution in [3.8, 4) is 28.6 Å². The molecule has 7 heteroatoms. The van der Waals surface area contributed by atoms with Gasteiger partial charge in [0.25, 0.3) is 0 Å². The summed E-state index contributed by atoms with van der Waals surface area (Å²) in [4.78, 5) is 10.8. The number of carboxylic acid groups (broad SMARTS) is 1. The van der Waals surface area contributed by atoms with Crippen LogP contribution in [0.1, 0.15) is 17.4 Å². The van der Waals surface area contributed by atoms with Gasteiger partial charge in [-0.1, -0.05) is 5.16 Å². The van der Waals surface area contributed by atoms with Crippen molar-refractivity contribution in [1.29, 1.82) is 0 Å². The minimum atomic E-state index is -1.19. The molecule has 0 atom stereocenters. The quantitative estimate of drug-likeness (QED) is 0.864. The van der Waals surface area contributed by atoms with E-state index in [-0.39, 0.29) is 23.0 Å². The maximum absolute atomic E-state index is 10.8. The van der Waals surface area contributed by atoms with Crippen molar-refractivity contribution in [3.05, 3.63) is 23.9 Å². The Labute approximate surface area is 114 Å². The summed E-state index contributed by atoms with van der Waals surface area (Å²) in [6.07, 6.45) is 0. The van der Waals surface area contributed by atoms with Crippen molar-refractivity contribution in [3.63, 3.8) is 0 Å². The smallest absolute Gasteiger partial charge is 0.358 e. The second kappa shape index (κ2) is 5.52. The van der Waals surface area contributed by atoms with Crippen LogP contribution < -0.4 is 9.47 Å². The van der Waals surface area contributed by atoms with E-state index in [0.717, 1.165) is 0 Å². The Balaban J connectivity index is 2.48. The Morgan fingerprint density at radius 1 is 1.40 bits per heavy atom. The van der Waals surface area contributed by atoms with E-state index in [9.17, 15) is 9.90 Å². The number of rotatable bonds is 5. The van der Waals surface area contributed by atoms with Gasteiger partial charge < -0.3 is 24.2 Å². The van der Waals surface area contributed by atoms with Crippen molar-refractivity contribution in [2.75, 3.05) is 13.7 Å². The maximum Gasteiger partial charge on any atom is 0.358 e. The molecular formula is C13H13NO6. The summed E-state index contributed by atoms with van der Waals surface area (Å²) in [6.45, 7) is 2.18. The summed E-state index contributed by atoms with van der Waals surface area (Å²) >= 11 is 0. The van der Waals surface area contributed by atoms with Crippen LogP contribution in [0.3, 0.4) is 0 Å². The van der Waals surface area contributed by atoms with Crippen LogP contribution in [-0.4, -0.2) is 35.1 Å². The molecule has 1 heterocycles. The molecule has 7 nitrogen and oxygen atoms in total. The van der Waals surface area contributed by atoms with Crippen LogP contribution in [0, 0.1) is 0 Å². The highest BCUT2D eigenvalue weighted by molar-refractivity contribution is 5.86. The van der Waals surface area contributed by atoms with Gasteiger partial charge in [-0.3, -0.25) is 0 Å². The number of phenols is 1. The van der Waals surface area contributed by atoms with Crippen LogP contribution >= 0.6 is 0 Å². The fourth-order valence-electron chi connectivity index (χ4n) is 1.71. The molecule has 0 aliphatic carbocycles. The number of aromatic carboxylic acids is 1. The predicted octanol–water partition coefficient (Wildman–Crippen LogP) is 2.15. The predicted molar refractivity (Wildman–Crippen MR) is 68.3 cm³/mol. The lowest BCUT2D eigenvalue weighted by molar-refractivity contribution is 0.0686. The van der Waals surface area contributed by atoms with Gasteiger partial charge in [-0.25, -0.2) is 4.79 Å². The molecule has 0 amide bonds. The molecule has 0 saturated heterocycles. The summed E-state index contributed by atoms with van der Waals surface area (Å²) in [5.41, 5.74) is 0.222. The minimum absolute atomic E-state index is 0.137. The van der Waals surface area contributed by atoms with Gasteiger partial charge in [0.1, 0.15) is 0 Å². The highest BCUT2D eigenvalue weighted by Crippen LogP contribution is 2.40. The Hall–Kier alpha value is -2.70. The summed E-state index contributed by atoms with van der Waals surface area (Å²) in [5, 5.41) is 22.1. The average Bonchev–Trinajstić information content (AvgIpc) is 2.88. The van der Waals surface area contributed by atoms with E-state index in [1.165, 1.54) is 19.2 Å². The van der Waals surface area contributed by atoms with Gasteiger partial charge in [-0.2, -0.15) is 0 Å². The molecule has 0 aliphatic heterocycles. The molecule has 2 rings (SSSR count). The van der Waals surface area contributed by atoms with Crippen molar-refractivity contribution in [2.24, 2.45) is 0 Å². The zero-order valence-electron chi connectivity index (χ0n) is 10.9. The molecule has 2 aromatic rings. The fraction of sp³-hybridized carbons (Fsp3) is 0.231. The van der Waals surface area contributed by atoms with E-state index in [4.69, 9.17) is 19.1 Å². The first-order valence-corrected chi connectivity index (χ1v) is 5.81. The van der Waals surface area contributed by atoms with Crippen LogP contribution in [0.4, 0.5) is 0 Å². The van der Waals surface area contributed by atoms with Gasteiger partial charge in [0, 0.05) is 11.6 Å². The van der Waals surface area contributed by atoms with Crippen molar-refractivity contribution < 1.29 is 29.0 Å². The molecule has 0 fully saturated rings. The number of carboxylic acids is 1. The van der Waals surface area contributed by atoms with Crippen molar-refractivity contribution in [2.45, 2.75) is 6.92 Å².